The quantitative estimate of drug-likeness (QED) is 0.365. The zero-order valence-electron chi connectivity index (χ0n) is 6.53. The first-order chi connectivity index (χ1) is 3.93. The van der Waals surface area contributed by atoms with Crippen LogP contribution >= 0.6 is 0 Å². The van der Waals surface area contributed by atoms with E-state index in [-0.39, 0.29) is 35.3 Å². The van der Waals surface area contributed by atoms with Gasteiger partial charge in [-0.15, -0.1) is 6.42 Å². The molecule has 0 radical (unpaired) electrons. The Labute approximate surface area is 85.3 Å². The summed E-state index contributed by atoms with van der Waals surface area (Å²) in [5.74, 6) is 0. The Morgan fingerprint density at radius 1 is 1.45 bits per heavy atom. The van der Waals surface area contributed by atoms with Crippen molar-refractivity contribution in [2.45, 2.75) is 26.2 Å². The molecule has 0 unspecified atom stereocenters. The van der Waals surface area contributed by atoms with E-state index in [9.17, 15) is 0 Å². The van der Waals surface area contributed by atoms with E-state index in [2.05, 4.69) is 25.2 Å². The first kappa shape index (κ1) is 17.3. The zero-order chi connectivity index (χ0) is 5.82. The maximum absolute atomic E-state index is 3.14. The maximum Gasteiger partial charge on any atom is 0 e. The van der Waals surface area contributed by atoms with Crippen LogP contribution in [0.5, 0.6) is 0 Å². The third-order valence-corrected chi connectivity index (χ3v) is 1.31. The van der Waals surface area contributed by atoms with Crippen molar-refractivity contribution in [2.24, 2.45) is 0 Å². The Morgan fingerprint density at radius 2 is 2.09 bits per heavy atom. The summed E-state index contributed by atoms with van der Waals surface area (Å²) in [6.07, 6.45) is 11.0. The van der Waals surface area contributed by atoms with Crippen LogP contribution in [0.15, 0.2) is 17.7 Å². The normalized spacial score (nSPS) is 12.3. The molecule has 0 fully saturated rings. The van der Waals surface area contributed by atoms with Crippen LogP contribution in [0.2, 0.25) is 0 Å². The average Bonchev–Trinajstić information content (AvgIpc) is 2.19. The molecule has 0 amide bonds. The van der Waals surface area contributed by atoms with Crippen molar-refractivity contribution in [1.29, 1.82) is 0 Å². The minimum absolute atomic E-state index is 0. The van der Waals surface area contributed by atoms with Gasteiger partial charge in [0.2, 0.25) is 0 Å². The van der Waals surface area contributed by atoms with Crippen LogP contribution in [-0.2, 0) is 25.8 Å². The molecular formula is C8H11F2Hf-3. The van der Waals surface area contributed by atoms with Crippen LogP contribution in [0, 0.1) is 6.08 Å². The van der Waals surface area contributed by atoms with Crippen molar-refractivity contribution < 1.29 is 35.3 Å². The molecule has 1 aliphatic rings. The molecule has 11 heavy (non-hydrogen) atoms. The van der Waals surface area contributed by atoms with E-state index in [1.54, 1.807) is 0 Å². The average molecular weight is 324 g/mol. The van der Waals surface area contributed by atoms with E-state index in [1.807, 2.05) is 0 Å². The standard InChI is InChI=1S/C8H11.2FH.Hf/c1-2-5-8-6-3-4-7-8;;;/h6-7H,2-3,5H2,1H3;2*1H;/q-1;;;/p-2. The summed E-state index contributed by atoms with van der Waals surface area (Å²) in [5.41, 5.74) is 1.47. The Bertz CT molecular complexity index is 130. The van der Waals surface area contributed by atoms with Crippen molar-refractivity contribution in [3.05, 3.63) is 23.8 Å². The summed E-state index contributed by atoms with van der Waals surface area (Å²) in [4.78, 5) is 0. The molecule has 3 heteroatoms. The van der Waals surface area contributed by atoms with E-state index < -0.39 is 0 Å². The van der Waals surface area contributed by atoms with E-state index in [1.165, 1.54) is 18.4 Å². The summed E-state index contributed by atoms with van der Waals surface area (Å²) in [7, 11) is 0. The number of hydrogen-bond acceptors (Lipinski definition) is 0. The molecule has 1 aliphatic carbocycles. The van der Waals surface area contributed by atoms with Crippen molar-refractivity contribution >= 4 is 0 Å². The van der Waals surface area contributed by atoms with Gasteiger partial charge in [-0.3, -0.25) is 6.08 Å². The predicted octanol–water partition coefficient (Wildman–Crippen LogP) is -3.52. The molecule has 0 N–H and O–H groups in total. The van der Waals surface area contributed by atoms with Crippen molar-refractivity contribution in [2.75, 3.05) is 0 Å². The van der Waals surface area contributed by atoms with Crippen LogP contribution in [0.25, 0.3) is 0 Å². The smallest absolute Gasteiger partial charge is 0 e. The van der Waals surface area contributed by atoms with E-state index >= 15 is 0 Å². The topological polar surface area (TPSA) is 0 Å². The van der Waals surface area contributed by atoms with Gasteiger partial charge in [0.15, 0.2) is 0 Å². The molecule has 0 aromatic carbocycles. The van der Waals surface area contributed by atoms with Gasteiger partial charge in [-0.1, -0.05) is 19.8 Å². The molecule has 0 saturated carbocycles. The van der Waals surface area contributed by atoms with Gasteiger partial charge in [0.25, 0.3) is 0 Å². The van der Waals surface area contributed by atoms with Gasteiger partial charge in [-0.2, -0.15) is 6.08 Å². The number of halogens is 2. The first-order valence-corrected chi connectivity index (χ1v) is 3.19. The van der Waals surface area contributed by atoms with Gasteiger partial charge in [0, 0.05) is 25.8 Å². The van der Waals surface area contributed by atoms with Gasteiger partial charge in [-0.05, 0) is 0 Å². The summed E-state index contributed by atoms with van der Waals surface area (Å²) in [6.45, 7) is 2.20. The van der Waals surface area contributed by atoms with Gasteiger partial charge < -0.3 is 9.41 Å². The molecule has 64 valence electrons. The third kappa shape index (κ3) is 6.60. The minimum Gasteiger partial charge on any atom is -1.00 e. The molecule has 0 heterocycles. The zero-order valence-corrected chi connectivity index (χ0v) is 10.1. The number of rotatable bonds is 2. The molecule has 0 atom stereocenters. The molecule has 0 aromatic heterocycles. The Balaban J connectivity index is -0.000000213. The molecule has 0 aliphatic heterocycles. The molecule has 0 nitrogen and oxygen atoms in total. The van der Waals surface area contributed by atoms with Crippen molar-refractivity contribution in [3.63, 3.8) is 0 Å². The molecular weight excluding hydrogens is 313 g/mol. The molecule has 0 aromatic rings. The van der Waals surface area contributed by atoms with Crippen LogP contribution in [0.4, 0.5) is 0 Å². The number of allylic oxidation sites excluding steroid dienone is 4. The predicted molar refractivity (Wildman–Crippen MR) is 35.4 cm³/mol. The second-order valence-electron chi connectivity index (χ2n) is 2.08. The Kier molecular flexibility index (Phi) is 16.1. The van der Waals surface area contributed by atoms with Crippen LogP contribution in [0.1, 0.15) is 26.2 Å². The monoisotopic (exact) mass is 325 g/mol. The Morgan fingerprint density at radius 3 is 2.45 bits per heavy atom. The van der Waals surface area contributed by atoms with Crippen molar-refractivity contribution in [1.82, 2.24) is 0 Å². The van der Waals surface area contributed by atoms with E-state index in [0.717, 1.165) is 6.42 Å². The fraction of sp³-hybridized carbons (Fsp3) is 0.500. The van der Waals surface area contributed by atoms with Crippen LogP contribution in [-0.4, -0.2) is 0 Å². The van der Waals surface area contributed by atoms with Gasteiger partial charge >= 0.3 is 0 Å². The minimum atomic E-state index is 0. The van der Waals surface area contributed by atoms with Crippen LogP contribution < -0.4 is 9.41 Å². The fourth-order valence-corrected chi connectivity index (χ4v) is 0.902. The SMILES string of the molecule is CCCC1=CC[C-]=C1.[F-].[F-].[Hf]. The molecule has 0 saturated heterocycles. The molecule has 0 bridgehead atoms. The van der Waals surface area contributed by atoms with E-state index in [4.69, 9.17) is 0 Å². The van der Waals surface area contributed by atoms with Crippen molar-refractivity contribution in [3.8, 4) is 0 Å². The summed E-state index contributed by atoms with van der Waals surface area (Å²) < 4.78 is 0. The maximum atomic E-state index is 3.14. The summed E-state index contributed by atoms with van der Waals surface area (Å²) in [5, 5.41) is 0. The van der Waals surface area contributed by atoms with Gasteiger partial charge in [-0.25, -0.2) is 11.6 Å². The van der Waals surface area contributed by atoms with E-state index in [0.29, 0.717) is 0 Å². The second kappa shape index (κ2) is 10.2. The fourth-order valence-electron chi connectivity index (χ4n) is 0.902. The summed E-state index contributed by atoms with van der Waals surface area (Å²) in [6, 6.07) is 0. The third-order valence-electron chi connectivity index (χ3n) is 1.31. The molecule has 1 rings (SSSR count). The first-order valence-electron chi connectivity index (χ1n) is 3.19. The van der Waals surface area contributed by atoms with Gasteiger partial charge in [0.1, 0.15) is 0 Å². The Hall–Kier alpha value is 0.210. The van der Waals surface area contributed by atoms with Gasteiger partial charge in [0.05, 0.1) is 0 Å². The molecule has 0 spiro atoms. The largest absolute Gasteiger partial charge is 1.00 e. The second-order valence-corrected chi connectivity index (χ2v) is 2.08. The van der Waals surface area contributed by atoms with Crippen LogP contribution in [0.3, 0.4) is 0 Å². The number of hydrogen-bond donors (Lipinski definition) is 0. The summed E-state index contributed by atoms with van der Waals surface area (Å²) >= 11 is 0.